The van der Waals surface area contributed by atoms with Crippen LogP contribution >= 0.6 is 0 Å². The fraction of sp³-hybridized carbons (Fsp3) is 0.917. The summed E-state index contributed by atoms with van der Waals surface area (Å²) in [7, 11) is -4.59. The predicted octanol–water partition coefficient (Wildman–Crippen LogP) is 5.19. The Kier molecular flexibility index (Phi) is 29.2. The second kappa shape index (κ2) is 26.3. The molecule has 0 amide bonds. The van der Waals surface area contributed by atoms with Crippen LogP contribution in [0.3, 0.4) is 0 Å². The molecule has 0 radical (unpaired) electrons. The van der Waals surface area contributed by atoms with E-state index in [0.717, 1.165) is 25.5 Å². The van der Waals surface area contributed by atoms with Crippen molar-refractivity contribution in [2.24, 2.45) is 0 Å². The molecule has 0 bridgehead atoms. The minimum Gasteiger partial charge on any atom is -0.716 e. The first-order chi connectivity index (χ1) is 14.1. The zero-order valence-electron chi connectivity index (χ0n) is 20.0. The number of hydrogen-bond acceptors (Lipinski definition) is 4. The van der Waals surface area contributed by atoms with Gasteiger partial charge in [-0.3, -0.25) is 0 Å². The quantitative estimate of drug-likeness (QED) is 0.0677. The molecular weight excluding hydrogens is 423 g/mol. The zero-order chi connectivity index (χ0) is 21.5. The van der Waals surface area contributed by atoms with Crippen molar-refractivity contribution >= 4 is 10.4 Å². The fourth-order valence-electron chi connectivity index (χ4n) is 3.69. The third-order valence-electron chi connectivity index (χ3n) is 5.49. The van der Waals surface area contributed by atoms with Crippen LogP contribution in [0.5, 0.6) is 0 Å². The van der Waals surface area contributed by atoms with Gasteiger partial charge in [-0.15, -0.1) is 0 Å². The standard InChI is InChI=1S/C24H48O4S.K/c1-2-3-4-5-6-7-8-9-10-11-12-13-14-15-16-17-18-19-20-21-22-23-24-28-29(25,26)27;/h23-24H,2-22H2,1H3,(H,25,26,27);/q;+1/p-1/b24-23+;. The first-order valence-electron chi connectivity index (χ1n) is 12.4. The van der Waals surface area contributed by atoms with Gasteiger partial charge in [0.15, 0.2) is 0 Å². The SMILES string of the molecule is CCCCCCCCCCCCCCCCCCCCCC/C=C/OS(=O)(=O)[O-].[K+]. The molecule has 0 heterocycles. The molecule has 0 rings (SSSR count). The van der Waals surface area contributed by atoms with E-state index in [-0.39, 0.29) is 51.4 Å². The Labute approximate surface area is 230 Å². The van der Waals surface area contributed by atoms with Crippen molar-refractivity contribution in [2.75, 3.05) is 0 Å². The molecule has 0 aromatic rings. The average molecular weight is 471 g/mol. The van der Waals surface area contributed by atoms with Gasteiger partial charge >= 0.3 is 51.4 Å². The molecule has 0 spiro atoms. The van der Waals surface area contributed by atoms with Crippen molar-refractivity contribution in [3.05, 3.63) is 12.3 Å². The molecule has 174 valence electrons. The number of allylic oxidation sites excluding steroid dienone is 1. The van der Waals surface area contributed by atoms with Crippen LogP contribution in [0.2, 0.25) is 0 Å². The Balaban J connectivity index is 0. The van der Waals surface area contributed by atoms with Gasteiger partial charge in [0.1, 0.15) is 6.26 Å². The summed E-state index contributed by atoms with van der Waals surface area (Å²) in [6.45, 7) is 2.28. The molecule has 0 aliphatic carbocycles. The summed E-state index contributed by atoms with van der Waals surface area (Å²) in [6.07, 6.45) is 30.6. The molecule has 0 saturated carbocycles. The van der Waals surface area contributed by atoms with Gasteiger partial charge in [0, 0.05) is 0 Å². The Hall–Kier alpha value is 1.09. The van der Waals surface area contributed by atoms with Crippen LogP contribution in [-0.2, 0) is 14.6 Å². The third kappa shape index (κ3) is 31.3. The van der Waals surface area contributed by atoms with Gasteiger partial charge in [-0.1, -0.05) is 129 Å². The van der Waals surface area contributed by atoms with Crippen LogP contribution < -0.4 is 51.4 Å². The number of rotatable bonds is 23. The molecule has 0 fully saturated rings. The van der Waals surface area contributed by atoms with Crippen LogP contribution in [0.25, 0.3) is 0 Å². The van der Waals surface area contributed by atoms with Gasteiger partial charge in [-0.2, -0.15) is 0 Å². The molecule has 0 unspecified atom stereocenters. The molecular formula is C24H47KO4S. The molecule has 0 N–H and O–H groups in total. The van der Waals surface area contributed by atoms with Crippen LogP contribution in [0, 0.1) is 0 Å². The van der Waals surface area contributed by atoms with E-state index in [1.807, 2.05) is 0 Å². The number of hydrogen-bond donors (Lipinski definition) is 0. The molecule has 0 aliphatic rings. The van der Waals surface area contributed by atoms with Crippen molar-refractivity contribution in [1.82, 2.24) is 0 Å². The van der Waals surface area contributed by atoms with E-state index in [2.05, 4.69) is 11.1 Å². The summed E-state index contributed by atoms with van der Waals surface area (Å²) in [5.41, 5.74) is 0. The molecule has 0 aromatic carbocycles. The summed E-state index contributed by atoms with van der Waals surface area (Å²) >= 11 is 0. The smallest absolute Gasteiger partial charge is 0.716 e. The summed E-state index contributed by atoms with van der Waals surface area (Å²) < 4.78 is 34.7. The maximum atomic E-state index is 10.2. The Morgan fingerprint density at radius 1 is 0.600 bits per heavy atom. The number of unbranched alkanes of at least 4 members (excludes halogenated alkanes) is 20. The molecule has 4 nitrogen and oxygen atoms in total. The summed E-state index contributed by atoms with van der Waals surface area (Å²) in [6, 6.07) is 0. The second-order valence-electron chi connectivity index (χ2n) is 8.38. The summed E-state index contributed by atoms with van der Waals surface area (Å²) in [5, 5.41) is 0. The molecule has 6 heteroatoms. The summed E-state index contributed by atoms with van der Waals surface area (Å²) in [4.78, 5) is 0. The van der Waals surface area contributed by atoms with E-state index < -0.39 is 10.4 Å². The Morgan fingerprint density at radius 3 is 1.20 bits per heavy atom. The van der Waals surface area contributed by atoms with Crippen molar-refractivity contribution in [1.29, 1.82) is 0 Å². The van der Waals surface area contributed by atoms with Crippen molar-refractivity contribution in [3.8, 4) is 0 Å². The van der Waals surface area contributed by atoms with Gasteiger partial charge in [0.2, 0.25) is 0 Å². The van der Waals surface area contributed by atoms with Crippen LogP contribution in [0.15, 0.2) is 12.3 Å². The molecule has 0 saturated heterocycles. The molecule has 0 aliphatic heterocycles. The normalized spacial score (nSPS) is 11.7. The van der Waals surface area contributed by atoms with Gasteiger partial charge in [-0.05, 0) is 18.9 Å². The first kappa shape index (κ1) is 33.3. The maximum Gasteiger partial charge on any atom is 1.00 e. The molecule has 30 heavy (non-hydrogen) atoms. The van der Waals surface area contributed by atoms with Crippen molar-refractivity contribution < 1.29 is 68.5 Å². The monoisotopic (exact) mass is 470 g/mol. The zero-order valence-corrected chi connectivity index (χ0v) is 24.0. The van der Waals surface area contributed by atoms with Crippen molar-refractivity contribution in [3.63, 3.8) is 0 Å². The topological polar surface area (TPSA) is 66.4 Å². The molecule has 0 aromatic heterocycles. The van der Waals surface area contributed by atoms with Crippen LogP contribution in [0.1, 0.15) is 142 Å². The largest absolute Gasteiger partial charge is 1.00 e. The van der Waals surface area contributed by atoms with Gasteiger partial charge in [0.25, 0.3) is 10.4 Å². The van der Waals surface area contributed by atoms with Crippen LogP contribution in [0.4, 0.5) is 0 Å². The van der Waals surface area contributed by atoms with Crippen molar-refractivity contribution in [2.45, 2.75) is 142 Å². The van der Waals surface area contributed by atoms with E-state index in [9.17, 15) is 13.0 Å². The van der Waals surface area contributed by atoms with E-state index >= 15 is 0 Å². The Bertz CT molecular complexity index is 452. The third-order valence-corrected chi connectivity index (χ3v) is 5.84. The summed E-state index contributed by atoms with van der Waals surface area (Å²) in [5.74, 6) is 0. The maximum absolute atomic E-state index is 10.2. The van der Waals surface area contributed by atoms with E-state index in [1.54, 1.807) is 6.08 Å². The average Bonchev–Trinajstić information content (AvgIpc) is 2.67. The molecule has 0 atom stereocenters. The fourth-order valence-corrected chi connectivity index (χ4v) is 3.91. The predicted molar refractivity (Wildman–Crippen MR) is 123 cm³/mol. The van der Waals surface area contributed by atoms with E-state index in [1.165, 1.54) is 116 Å². The van der Waals surface area contributed by atoms with Gasteiger partial charge < -0.3 is 8.74 Å². The second-order valence-corrected chi connectivity index (χ2v) is 9.39. The van der Waals surface area contributed by atoms with E-state index in [0.29, 0.717) is 0 Å². The van der Waals surface area contributed by atoms with Gasteiger partial charge in [-0.25, -0.2) is 8.42 Å². The minimum absolute atomic E-state index is 0. The van der Waals surface area contributed by atoms with Gasteiger partial charge in [0.05, 0.1) is 0 Å². The minimum atomic E-state index is -4.59. The van der Waals surface area contributed by atoms with Crippen LogP contribution in [-0.4, -0.2) is 13.0 Å². The van der Waals surface area contributed by atoms with E-state index in [4.69, 9.17) is 0 Å². The Morgan fingerprint density at radius 2 is 0.900 bits per heavy atom. The first-order valence-corrected chi connectivity index (χ1v) is 13.7.